The molecule has 0 heterocycles. The van der Waals surface area contributed by atoms with Crippen molar-refractivity contribution >= 4 is 21.8 Å². The predicted octanol–water partition coefficient (Wildman–Crippen LogP) is 2.78. The van der Waals surface area contributed by atoms with Crippen molar-refractivity contribution in [1.29, 1.82) is 0 Å². The smallest absolute Gasteiger partial charge is 0.402 e. The number of hydrogen-bond acceptors (Lipinski definition) is 4. The summed E-state index contributed by atoms with van der Waals surface area (Å²) in [5, 5.41) is 0. The highest BCUT2D eigenvalue weighted by Gasteiger charge is 2.35. The van der Waals surface area contributed by atoms with Crippen LogP contribution < -0.4 is 4.18 Å². The maximum Gasteiger partial charge on any atom is 0.420 e. The van der Waals surface area contributed by atoms with Gasteiger partial charge in [0.15, 0.2) is 17.7 Å². The first-order chi connectivity index (χ1) is 10.3. The first-order valence-corrected chi connectivity index (χ1v) is 7.99. The molecule has 0 saturated heterocycles. The Kier molecular flexibility index (Phi) is 4.57. The maximum absolute atomic E-state index is 12.8. The molecule has 0 unspecified atom stereocenters. The van der Waals surface area contributed by atoms with E-state index in [2.05, 4.69) is 4.18 Å². The molecule has 0 aliphatic rings. The number of sulfone groups is 1. The molecule has 0 aromatic heterocycles. The van der Waals surface area contributed by atoms with Crippen LogP contribution in [0, 0.1) is 0 Å². The molecule has 0 bridgehead atoms. The van der Waals surface area contributed by atoms with Gasteiger partial charge in [-0.25, -0.2) is 12.6 Å². The van der Waals surface area contributed by atoms with E-state index in [4.69, 9.17) is 0 Å². The van der Waals surface area contributed by atoms with Crippen molar-refractivity contribution in [3.05, 3.63) is 54.1 Å². The van der Waals surface area contributed by atoms with Gasteiger partial charge in [0.1, 0.15) is 0 Å². The van der Waals surface area contributed by atoms with Gasteiger partial charge in [0.2, 0.25) is 9.84 Å². The summed E-state index contributed by atoms with van der Waals surface area (Å²) in [6.45, 7) is 0. The lowest BCUT2D eigenvalue weighted by molar-refractivity contribution is -0.138. The molecule has 22 heavy (non-hydrogen) atoms. The summed E-state index contributed by atoms with van der Waals surface area (Å²) in [5.41, 5.74) is -1.21. The third kappa shape index (κ3) is 3.30. The Labute approximate surface area is 128 Å². The molecule has 0 N–H and O–H groups in total. The summed E-state index contributed by atoms with van der Waals surface area (Å²) in [4.78, 5) is -0.453. The van der Waals surface area contributed by atoms with Crippen molar-refractivity contribution in [2.45, 2.75) is 16.0 Å². The van der Waals surface area contributed by atoms with Crippen molar-refractivity contribution < 1.29 is 30.0 Å². The highest BCUT2D eigenvalue weighted by Crippen LogP contribution is 2.38. The molecule has 0 atom stereocenters. The summed E-state index contributed by atoms with van der Waals surface area (Å²) in [5.74, 6) is -0.818. The van der Waals surface area contributed by atoms with Crippen LogP contribution in [0.4, 0.5) is 13.2 Å². The summed E-state index contributed by atoms with van der Waals surface area (Å²) in [6.07, 6.45) is -4.75. The molecule has 0 fully saturated rings. The van der Waals surface area contributed by atoms with Gasteiger partial charge in [-0.3, -0.25) is 0 Å². The van der Waals surface area contributed by atoms with E-state index in [-0.39, 0.29) is 9.79 Å². The molecule has 0 radical (unpaired) electrons. The van der Waals surface area contributed by atoms with Crippen LogP contribution >= 0.6 is 0 Å². The predicted molar refractivity (Wildman–Crippen MR) is 73.5 cm³/mol. The molecule has 4 nitrogen and oxygen atoms in total. The second-order valence-electron chi connectivity index (χ2n) is 4.14. The number of thiol groups is 1. The van der Waals surface area contributed by atoms with E-state index < -0.39 is 39.3 Å². The van der Waals surface area contributed by atoms with Gasteiger partial charge in [-0.15, -0.1) is 0 Å². The number of halogens is 3. The first-order valence-electron chi connectivity index (χ1n) is 5.78. The minimum Gasteiger partial charge on any atom is -0.402 e. The SMILES string of the molecule is O=[SH]Oc1cc(S(=O)(=O)c2ccccc2)ccc1C(F)(F)F. The van der Waals surface area contributed by atoms with Gasteiger partial charge in [-0.05, 0) is 24.3 Å². The minimum atomic E-state index is -4.75. The maximum atomic E-state index is 12.8. The van der Waals surface area contributed by atoms with Crippen LogP contribution in [-0.4, -0.2) is 12.6 Å². The van der Waals surface area contributed by atoms with E-state index in [1.54, 1.807) is 6.07 Å². The third-order valence-corrected chi connectivity index (χ3v) is 4.80. The van der Waals surface area contributed by atoms with Crippen LogP contribution in [0.5, 0.6) is 5.75 Å². The Balaban J connectivity index is 2.59. The average molecular weight is 350 g/mol. The van der Waals surface area contributed by atoms with Gasteiger partial charge in [0.05, 0.1) is 15.4 Å². The molecule has 118 valence electrons. The summed E-state index contributed by atoms with van der Waals surface area (Å²) < 4.78 is 77.8. The van der Waals surface area contributed by atoms with Crippen LogP contribution in [-0.2, 0) is 28.0 Å². The Morgan fingerprint density at radius 2 is 1.59 bits per heavy atom. The number of hydrogen-bond donors (Lipinski definition) is 1. The lowest BCUT2D eigenvalue weighted by Gasteiger charge is -2.12. The third-order valence-electron chi connectivity index (χ3n) is 2.76. The van der Waals surface area contributed by atoms with Crippen LogP contribution in [0.2, 0.25) is 0 Å². The Morgan fingerprint density at radius 3 is 2.14 bits per heavy atom. The molecule has 2 aromatic carbocycles. The summed E-state index contributed by atoms with van der Waals surface area (Å²) >= 11 is -1.02. The largest absolute Gasteiger partial charge is 0.420 e. The van der Waals surface area contributed by atoms with E-state index in [1.165, 1.54) is 24.3 Å². The minimum absolute atomic E-state index is 0.0691. The second kappa shape index (κ2) is 6.09. The molecule has 2 rings (SSSR count). The van der Waals surface area contributed by atoms with E-state index in [0.717, 1.165) is 6.07 Å². The van der Waals surface area contributed by atoms with Crippen LogP contribution in [0.3, 0.4) is 0 Å². The molecule has 0 amide bonds. The molecular formula is C13H9F3O4S2. The first kappa shape index (κ1) is 16.5. The Hall–Kier alpha value is -1.87. The van der Waals surface area contributed by atoms with E-state index in [9.17, 15) is 25.8 Å². The molecule has 0 aliphatic carbocycles. The molecule has 0 aliphatic heterocycles. The fraction of sp³-hybridized carbons (Fsp3) is 0.0769. The van der Waals surface area contributed by atoms with Crippen molar-refractivity contribution in [2.24, 2.45) is 0 Å². The summed E-state index contributed by atoms with van der Waals surface area (Å²) in [7, 11) is -3.99. The Morgan fingerprint density at radius 1 is 0.955 bits per heavy atom. The molecule has 0 saturated carbocycles. The lowest BCUT2D eigenvalue weighted by atomic mass is 10.2. The van der Waals surface area contributed by atoms with E-state index in [1.807, 2.05) is 0 Å². The van der Waals surface area contributed by atoms with Gasteiger partial charge < -0.3 is 4.18 Å². The van der Waals surface area contributed by atoms with Gasteiger partial charge >= 0.3 is 6.18 Å². The second-order valence-corrected chi connectivity index (χ2v) is 6.42. The van der Waals surface area contributed by atoms with Crippen LogP contribution in [0.25, 0.3) is 0 Å². The molecule has 0 spiro atoms. The van der Waals surface area contributed by atoms with E-state index >= 15 is 0 Å². The zero-order valence-electron chi connectivity index (χ0n) is 10.7. The normalized spacial score (nSPS) is 12.1. The summed E-state index contributed by atoms with van der Waals surface area (Å²) in [6, 6.07) is 9.34. The van der Waals surface area contributed by atoms with Crippen LogP contribution in [0.1, 0.15) is 5.56 Å². The Bertz CT molecular complexity index is 787. The van der Waals surface area contributed by atoms with E-state index in [0.29, 0.717) is 12.1 Å². The van der Waals surface area contributed by atoms with Gasteiger partial charge in [-0.2, -0.15) is 13.2 Å². The number of benzene rings is 2. The topological polar surface area (TPSA) is 60.4 Å². The van der Waals surface area contributed by atoms with Gasteiger partial charge in [0.25, 0.3) is 0 Å². The highest BCUT2D eigenvalue weighted by molar-refractivity contribution is 7.91. The van der Waals surface area contributed by atoms with Crippen molar-refractivity contribution in [3.63, 3.8) is 0 Å². The van der Waals surface area contributed by atoms with Crippen molar-refractivity contribution in [3.8, 4) is 5.75 Å². The number of alkyl halides is 3. The molecular weight excluding hydrogens is 341 g/mol. The van der Waals surface area contributed by atoms with Gasteiger partial charge in [-0.1, -0.05) is 18.2 Å². The fourth-order valence-electron chi connectivity index (χ4n) is 1.76. The van der Waals surface area contributed by atoms with Crippen molar-refractivity contribution in [2.75, 3.05) is 0 Å². The zero-order valence-corrected chi connectivity index (χ0v) is 12.5. The molecule has 2 aromatic rings. The quantitative estimate of drug-likeness (QED) is 0.862. The fourth-order valence-corrected chi connectivity index (χ4v) is 3.28. The monoisotopic (exact) mass is 350 g/mol. The molecule has 9 heteroatoms. The van der Waals surface area contributed by atoms with Crippen LogP contribution in [0.15, 0.2) is 58.3 Å². The van der Waals surface area contributed by atoms with Gasteiger partial charge in [0, 0.05) is 6.07 Å². The average Bonchev–Trinajstić information content (AvgIpc) is 2.47. The lowest BCUT2D eigenvalue weighted by Crippen LogP contribution is -2.09. The zero-order chi connectivity index (χ0) is 16.4. The van der Waals surface area contributed by atoms with Crippen molar-refractivity contribution in [1.82, 2.24) is 0 Å². The standard InChI is InChI=1S/C13H9F3O4S2/c14-13(15,16)11-7-6-10(8-12(11)20-21-17)22(18,19)9-4-2-1-3-5-9/h1-8,21H. The highest BCUT2D eigenvalue weighted by atomic mass is 32.2. The number of rotatable bonds is 4.